The van der Waals surface area contributed by atoms with E-state index >= 15 is 0 Å². The predicted molar refractivity (Wildman–Crippen MR) is 64.0 cm³/mol. The van der Waals surface area contributed by atoms with E-state index in [1.165, 1.54) is 4.31 Å². The lowest BCUT2D eigenvalue weighted by atomic mass is 10.2. The second-order valence-electron chi connectivity index (χ2n) is 3.99. The third-order valence-corrected chi connectivity index (χ3v) is 5.13. The van der Waals surface area contributed by atoms with Crippen LogP contribution in [0.15, 0.2) is 29.2 Å². The topological polar surface area (TPSA) is 37.4 Å². The zero-order valence-corrected chi connectivity index (χ0v) is 10.6. The summed E-state index contributed by atoms with van der Waals surface area (Å²) >= 11 is 5.76. The van der Waals surface area contributed by atoms with Crippen molar-refractivity contribution in [2.24, 2.45) is 0 Å². The van der Waals surface area contributed by atoms with Crippen molar-refractivity contribution in [2.45, 2.75) is 29.7 Å². The fraction of sp³-hybridized carbons (Fsp3) is 0.455. The summed E-state index contributed by atoms with van der Waals surface area (Å²) in [7, 11) is -1.73. The minimum Gasteiger partial charge on any atom is -0.207 e. The van der Waals surface area contributed by atoms with Crippen LogP contribution < -0.4 is 0 Å². The number of nitrogens with zero attached hydrogens (tertiary/aromatic N) is 1. The molecular weight excluding hydrogens is 246 g/mol. The average Bonchev–Trinajstić information content (AvgIpc) is 3.11. The van der Waals surface area contributed by atoms with Crippen LogP contribution in [-0.2, 0) is 15.9 Å². The van der Waals surface area contributed by atoms with Gasteiger partial charge in [0.25, 0.3) is 0 Å². The molecule has 2 rings (SSSR count). The number of sulfonamides is 1. The maximum absolute atomic E-state index is 12.3. The molecule has 16 heavy (non-hydrogen) atoms. The standard InChI is InChI=1S/C11H14ClNO2S/c1-13(10-6-7-10)16(14,15)11-5-3-2-4-9(11)8-12/h2-5,10H,6-8H2,1H3. The monoisotopic (exact) mass is 259 g/mol. The van der Waals surface area contributed by atoms with Crippen LogP contribution >= 0.6 is 11.6 Å². The largest absolute Gasteiger partial charge is 0.243 e. The molecule has 0 amide bonds. The number of hydrogen-bond donors (Lipinski definition) is 0. The fourth-order valence-electron chi connectivity index (χ4n) is 1.66. The van der Waals surface area contributed by atoms with Gasteiger partial charge in [0.05, 0.1) is 4.90 Å². The van der Waals surface area contributed by atoms with Crippen molar-refractivity contribution >= 4 is 21.6 Å². The van der Waals surface area contributed by atoms with Gasteiger partial charge in [-0.15, -0.1) is 11.6 Å². The number of hydrogen-bond acceptors (Lipinski definition) is 2. The van der Waals surface area contributed by atoms with Crippen LogP contribution in [0.5, 0.6) is 0 Å². The summed E-state index contributed by atoms with van der Waals surface area (Å²) in [5, 5.41) is 0. The summed E-state index contributed by atoms with van der Waals surface area (Å²) in [5.74, 6) is 0.216. The minimum absolute atomic E-state index is 0.174. The Bertz CT molecular complexity index is 483. The van der Waals surface area contributed by atoms with E-state index in [-0.39, 0.29) is 11.9 Å². The van der Waals surface area contributed by atoms with E-state index in [2.05, 4.69) is 0 Å². The highest BCUT2D eigenvalue weighted by Crippen LogP contribution is 2.31. The molecule has 1 aliphatic carbocycles. The van der Waals surface area contributed by atoms with Crippen molar-refractivity contribution in [2.75, 3.05) is 7.05 Å². The van der Waals surface area contributed by atoms with E-state index in [4.69, 9.17) is 11.6 Å². The van der Waals surface area contributed by atoms with Gasteiger partial charge in [0.2, 0.25) is 10.0 Å². The van der Waals surface area contributed by atoms with E-state index in [9.17, 15) is 8.42 Å². The van der Waals surface area contributed by atoms with E-state index in [0.29, 0.717) is 10.5 Å². The molecule has 1 fully saturated rings. The van der Waals surface area contributed by atoms with Crippen LogP contribution in [0.1, 0.15) is 18.4 Å². The molecule has 0 heterocycles. The molecular formula is C11H14ClNO2S. The number of benzene rings is 1. The molecule has 0 aromatic heterocycles. The first-order chi connectivity index (χ1) is 7.57. The quantitative estimate of drug-likeness (QED) is 0.778. The van der Waals surface area contributed by atoms with Gasteiger partial charge in [0.15, 0.2) is 0 Å². The molecule has 0 aliphatic heterocycles. The van der Waals surface area contributed by atoms with Gasteiger partial charge in [-0.2, -0.15) is 4.31 Å². The molecule has 1 aromatic rings. The van der Waals surface area contributed by atoms with Crippen LogP contribution in [0.2, 0.25) is 0 Å². The number of alkyl halides is 1. The molecule has 0 saturated heterocycles. The minimum atomic E-state index is -3.37. The Kier molecular flexibility index (Phi) is 3.24. The van der Waals surface area contributed by atoms with Crippen LogP contribution in [0.3, 0.4) is 0 Å². The Labute approximate surface area is 101 Å². The fourth-order valence-corrected chi connectivity index (χ4v) is 3.60. The van der Waals surface area contributed by atoms with Crippen molar-refractivity contribution in [1.29, 1.82) is 0 Å². The Morgan fingerprint density at radius 3 is 2.56 bits per heavy atom. The molecule has 0 spiro atoms. The lowest BCUT2D eigenvalue weighted by Gasteiger charge is -2.18. The third-order valence-electron chi connectivity index (χ3n) is 2.83. The Morgan fingerprint density at radius 2 is 2.00 bits per heavy atom. The summed E-state index contributed by atoms with van der Waals surface area (Å²) in [6.07, 6.45) is 1.91. The SMILES string of the molecule is CN(C1CC1)S(=O)(=O)c1ccccc1CCl. The van der Waals surface area contributed by atoms with Crippen molar-refractivity contribution < 1.29 is 8.42 Å². The first-order valence-electron chi connectivity index (χ1n) is 5.19. The lowest BCUT2D eigenvalue weighted by molar-refractivity contribution is 0.464. The summed E-state index contributed by atoms with van der Waals surface area (Å²) in [5.41, 5.74) is 0.664. The predicted octanol–water partition coefficient (Wildman–Crippen LogP) is 2.21. The molecule has 0 radical (unpaired) electrons. The summed E-state index contributed by atoms with van der Waals surface area (Å²) in [6.45, 7) is 0. The van der Waals surface area contributed by atoms with Crippen LogP contribution in [-0.4, -0.2) is 25.8 Å². The molecule has 1 aliphatic rings. The molecule has 3 nitrogen and oxygen atoms in total. The average molecular weight is 260 g/mol. The molecule has 1 saturated carbocycles. The normalized spacial score (nSPS) is 16.7. The van der Waals surface area contributed by atoms with Gasteiger partial charge in [-0.1, -0.05) is 18.2 Å². The van der Waals surface area contributed by atoms with E-state index in [1.807, 2.05) is 0 Å². The number of rotatable bonds is 4. The lowest BCUT2D eigenvalue weighted by Crippen LogP contribution is -2.29. The molecule has 0 atom stereocenters. The van der Waals surface area contributed by atoms with Gasteiger partial charge in [-0.3, -0.25) is 0 Å². The maximum atomic E-state index is 12.3. The molecule has 88 valence electrons. The first kappa shape index (κ1) is 11.9. The Balaban J connectivity index is 2.41. The van der Waals surface area contributed by atoms with Gasteiger partial charge in [-0.25, -0.2) is 8.42 Å². The number of halogens is 1. The zero-order chi connectivity index (χ0) is 11.8. The Morgan fingerprint density at radius 1 is 1.38 bits per heavy atom. The van der Waals surface area contributed by atoms with Gasteiger partial charge < -0.3 is 0 Å². The molecule has 1 aromatic carbocycles. The highest BCUT2D eigenvalue weighted by atomic mass is 35.5. The van der Waals surface area contributed by atoms with Crippen molar-refractivity contribution in [1.82, 2.24) is 4.31 Å². The molecule has 0 N–H and O–H groups in total. The van der Waals surface area contributed by atoms with Crippen molar-refractivity contribution in [3.05, 3.63) is 29.8 Å². The van der Waals surface area contributed by atoms with E-state index in [0.717, 1.165) is 12.8 Å². The van der Waals surface area contributed by atoms with E-state index < -0.39 is 10.0 Å². The highest BCUT2D eigenvalue weighted by molar-refractivity contribution is 7.89. The van der Waals surface area contributed by atoms with Gasteiger partial charge in [-0.05, 0) is 24.5 Å². The summed E-state index contributed by atoms with van der Waals surface area (Å²) < 4.78 is 26.0. The van der Waals surface area contributed by atoms with Gasteiger partial charge >= 0.3 is 0 Å². The van der Waals surface area contributed by atoms with Crippen LogP contribution in [0.4, 0.5) is 0 Å². The second kappa shape index (κ2) is 4.35. The van der Waals surface area contributed by atoms with Crippen molar-refractivity contribution in [3.8, 4) is 0 Å². The smallest absolute Gasteiger partial charge is 0.207 e. The van der Waals surface area contributed by atoms with Gasteiger partial charge in [0.1, 0.15) is 0 Å². The molecule has 0 unspecified atom stereocenters. The Hall–Kier alpha value is -0.580. The maximum Gasteiger partial charge on any atom is 0.243 e. The first-order valence-corrected chi connectivity index (χ1v) is 7.16. The van der Waals surface area contributed by atoms with Gasteiger partial charge in [0, 0.05) is 19.0 Å². The third kappa shape index (κ3) is 2.10. The molecule has 5 heteroatoms. The summed E-state index contributed by atoms with van der Waals surface area (Å²) in [4.78, 5) is 0.333. The van der Waals surface area contributed by atoms with E-state index in [1.54, 1.807) is 31.3 Å². The van der Waals surface area contributed by atoms with Crippen LogP contribution in [0, 0.1) is 0 Å². The van der Waals surface area contributed by atoms with Crippen LogP contribution in [0.25, 0.3) is 0 Å². The highest BCUT2D eigenvalue weighted by Gasteiger charge is 2.35. The molecule has 0 bridgehead atoms. The second-order valence-corrected chi connectivity index (χ2v) is 6.23. The van der Waals surface area contributed by atoms with Crippen molar-refractivity contribution in [3.63, 3.8) is 0 Å². The summed E-state index contributed by atoms with van der Waals surface area (Å²) in [6, 6.07) is 7.07. The zero-order valence-electron chi connectivity index (χ0n) is 9.06.